The average Bonchev–Trinajstić information content (AvgIpc) is 2.61. The largest absolute Gasteiger partial charge is 1.00 e. The van der Waals surface area contributed by atoms with Crippen LogP contribution in [0.4, 0.5) is 0 Å². The molecule has 0 aliphatic heterocycles. The van der Waals surface area contributed by atoms with Crippen molar-refractivity contribution in [1.82, 2.24) is 10.2 Å². The van der Waals surface area contributed by atoms with Crippen LogP contribution in [-0.2, 0) is 4.79 Å². The molecule has 0 unspecified atom stereocenters. The lowest BCUT2D eigenvalue weighted by atomic mass is 10.1. The number of nitrogens with zero attached hydrogens (tertiary/aromatic N) is 2. The van der Waals surface area contributed by atoms with Crippen LogP contribution in [0.15, 0.2) is 9.64 Å². The fourth-order valence-corrected chi connectivity index (χ4v) is 1.76. The third-order valence-electron chi connectivity index (χ3n) is 1.87. The minimum Gasteiger partial charge on any atom is -1.00 e. The number of rotatable bonds is 6. The van der Waals surface area contributed by atoms with E-state index < -0.39 is 5.91 Å². The van der Waals surface area contributed by atoms with Crippen LogP contribution in [0.3, 0.4) is 0 Å². The van der Waals surface area contributed by atoms with Crippen molar-refractivity contribution in [2.45, 2.75) is 31.5 Å². The summed E-state index contributed by atoms with van der Waals surface area (Å²) in [6.45, 7) is 4.22. The molecular weight excluding hydrogens is 264 g/mol. The van der Waals surface area contributed by atoms with Crippen LogP contribution in [0.25, 0.3) is 0 Å². The van der Waals surface area contributed by atoms with Gasteiger partial charge in [0.2, 0.25) is 5.91 Å². The highest BCUT2D eigenvalue weighted by Crippen LogP contribution is 2.20. The lowest BCUT2D eigenvalue weighted by Gasteiger charge is -2.05. The molecule has 98 valence electrons. The Morgan fingerprint density at radius 2 is 2.18 bits per heavy atom. The van der Waals surface area contributed by atoms with Crippen LogP contribution in [0.5, 0.6) is 0 Å². The van der Waals surface area contributed by atoms with E-state index in [1.165, 1.54) is 0 Å². The maximum absolute atomic E-state index is 10.6. The minimum absolute atomic E-state index is 0. The third-order valence-corrected chi connectivity index (χ3v) is 2.71. The van der Waals surface area contributed by atoms with Crippen molar-refractivity contribution in [2.75, 3.05) is 5.75 Å². The Morgan fingerprint density at radius 1 is 1.53 bits per heavy atom. The van der Waals surface area contributed by atoms with E-state index in [4.69, 9.17) is 10.2 Å². The molecule has 1 heterocycles. The molecular formula is C9H17ClN4O2S. The fraction of sp³-hybridized carbons (Fsp3) is 0.667. The number of quaternary nitrogens is 1. The molecule has 1 amide bonds. The van der Waals surface area contributed by atoms with Crippen LogP contribution in [0.2, 0.25) is 0 Å². The monoisotopic (exact) mass is 280 g/mol. The van der Waals surface area contributed by atoms with E-state index in [9.17, 15) is 4.79 Å². The molecule has 0 aromatic carbocycles. The Hall–Kier alpha value is -0.790. The Kier molecular flexibility index (Phi) is 7.17. The fourth-order valence-electron chi connectivity index (χ4n) is 1.25. The van der Waals surface area contributed by atoms with Gasteiger partial charge >= 0.3 is 0 Å². The van der Waals surface area contributed by atoms with Gasteiger partial charge in [0.15, 0.2) is 6.04 Å². The number of nitrogens with two attached hydrogens (primary N) is 1. The Labute approximate surface area is 110 Å². The number of amides is 1. The highest BCUT2D eigenvalue weighted by Gasteiger charge is 2.19. The van der Waals surface area contributed by atoms with E-state index in [0.717, 1.165) is 18.2 Å². The van der Waals surface area contributed by atoms with Crippen LogP contribution in [-0.4, -0.2) is 21.9 Å². The first-order chi connectivity index (χ1) is 7.49. The normalized spacial score (nSPS) is 12.2. The number of thioether (sulfide) groups is 1. The zero-order valence-corrected chi connectivity index (χ0v) is 11.4. The maximum Gasteiger partial charge on any atom is 0.277 e. The first kappa shape index (κ1) is 16.2. The first-order valence-electron chi connectivity index (χ1n) is 5.06. The summed E-state index contributed by atoms with van der Waals surface area (Å²) < 4.78 is 5.37. The molecule has 0 radical (unpaired) electrons. The summed E-state index contributed by atoms with van der Waals surface area (Å²) in [4.78, 5) is 10.6. The van der Waals surface area contributed by atoms with Gasteiger partial charge in [-0.15, -0.1) is 10.2 Å². The van der Waals surface area contributed by atoms with Gasteiger partial charge in [-0.1, -0.05) is 25.6 Å². The van der Waals surface area contributed by atoms with E-state index >= 15 is 0 Å². The highest BCUT2D eigenvalue weighted by atomic mass is 35.5. The molecule has 0 saturated heterocycles. The number of halogens is 1. The van der Waals surface area contributed by atoms with E-state index in [2.05, 4.69) is 29.8 Å². The van der Waals surface area contributed by atoms with E-state index in [-0.39, 0.29) is 24.2 Å². The van der Waals surface area contributed by atoms with Crippen molar-refractivity contribution in [2.24, 2.45) is 11.7 Å². The lowest BCUT2D eigenvalue weighted by Crippen LogP contribution is -3.00. The van der Waals surface area contributed by atoms with Gasteiger partial charge in [0.05, 0.1) is 5.75 Å². The summed E-state index contributed by atoms with van der Waals surface area (Å²) in [5.74, 6) is 0.781. The molecule has 0 aliphatic carbocycles. The number of carbonyl (C=O) groups excluding carboxylic acids is 1. The van der Waals surface area contributed by atoms with Crippen molar-refractivity contribution in [3.05, 3.63) is 5.89 Å². The molecule has 1 atom stereocenters. The number of primary amides is 1. The quantitative estimate of drug-likeness (QED) is 0.539. The maximum atomic E-state index is 10.6. The van der Waals surface area contributed by atoms with Crippen molar-refractivity contribution >= 4 is 17.7 Å². The number of hydrogen-bond acceptors (Lipinski definition) is 5. The Bertz CT molecular complexity index is 359. The molecule has 1 aromatic rings. The number of hydrogen-bond donors (Lipinski definition) is 2. The number of carbonyl (C=O) groups is 1. The molecule has 8 heteroatoms. The lowest BCUT2D eigenvalue weighted by molar-refractivity contribution is -0.435. The summed E-state index contributed by atoms with van der Waals surface area (Å²) in [5, 5.41) is 8.08. The second kappa shape index (κ2) is 7.52. The van der Waals surface area contributed by atoms with E-state index in [0.29, 0.717) is 17.0 Å². The highest BCUT2D eigenvalue weighted by molar-refractivity contribution is 7.99. The van der Waals surface area contributed by atoms with Crippen LogP contribution < -0.4 is 23.9 Å². The van der Waals surface area contributed by atoms with Crippen molar-refractivity contribution in [1.29, 1.82) is 0 Å². The van der Waals surface area contributed by atoms with Crippen molar-refractivity contribution in [3.8, 4) is 0 Å². The van der Waals surface area contributed by atoms with Crippen LogP contribution in [0.1, 0.15) is 32.2 Å². The van der Waals surface area contributed by atoms with Gasteiger partial charge in [-0.3, -0.25) is 4.79 Å². The molecule has 0 fully saturated rings. The molecule has 0 spiro atoms. The van der Waals surface area contributed by atoms with Crippen molar-refractivity contribution in [3.63, 3.8) is 0 Å². The van der Waals surface area contributed by atoms with Gasteiger partial charge in [-0.2, -0.15) is 0 Å². The molecule has 0 aliphatic rings. The Morgan fingerprint density at radius 3 is 2.71 bits per heavy atom. The van der Waals surface area contributed by atoms with Gasteiger partial charge in [0.25, 0.3) is 11.1 Å². The first-order valence-corrected chi connectivity index (χ1v) is 6.05. The summed E-state index contributed by atoms with van der Waals surface area (Å²) in [6.07, 6.45) is 0.891. The SMILES string of the molecule is CC(C)C[C@H]([NH3+])c1nnc(SCC(N)=O)o1.[Cl-]. The molecule has 1 rings (SSSR count). The third kappa shape index (κ3) is 5.90. The number of aromatic nitrogens is 2. The summed E-state index contributed by atoms with van der Waals surface area (Å²) in [6, 6.07) is -0.00423. The van der Waals surface area contributed by atoms with E-state index in [1.807, 2.05) is 0 Å². The van der Waals surface area contributed by atoms with Gasteiger partial charge in [-0.05, 0) is 5.92 Å². The van der Waals surface area contributed by atoms with Crippen molar-refractivity contribution < 1.29 is 27.4 Å². The molecule has 5 N–H and O–H groups in total. The molecule has 0 bridgehead atoms. The van der Waals surface area contributed by atoms with Gasteiger partial charge in [0.1, 0.15) is 0 Å². The predicted molar refractivity (Wildman–Crippen MR) is 59.3 cm³/mol. The zero-order valence-electron chi connectivity index (χ0n) is 9.85. The Balaban J connectivity index is 0.00000256. The predicted octanol–water partition coefficient (Wildman–Crippen LogP) is -3.02. The molecule has 17 heavy (non-hydrogen) atoms. The molecule has 6 nitrogen and oxygen atoms in total. The topological polar surface area (TPSA) is 110 Å². The summed E-state index contributed by atoms with van der Waals surface area (Å²) >= 11 is 1.14. The van der Waals surface area contributed by atoms with E-state index in [1.54, 1.807) is 0 Å². The van der Waals surface area contributed by atoms with Gasteiger partial charge in [0, 0.05) is 6.42 Å². The zero-order chi connectivity index (χ0) is 12.1. The minimum atomic E-state index is -0.405. The molecule has 0 saturated carbocycles. The standard InChI is InChI=1S/C9H16N4O2S.ClH/c1-5(2)3-6(10)8-12-13-9(15-8)16-4-7(11)14;/h5-6H,3-4,10H2,1-2H3,(H2,11,14);1H/t6-;/m0./s1. The average molecular weight is 281 g/mol. The summed E-state index contributed by atoms with van der Waals surface area (Å²) in [7, 11) is 0. The van der Waals surface area contributed by atoms with Gasteiger partial charge < -0.3 is 28.3 Å². The van der Waals surface area contributed by atoms with Crippen LogP contribution >= 0.6 is 11.8 Å². The smallest absolute Gasteiger partial charge is 0.277 e. The second-order valence-corrected chi connectivity index (χ2v) is 4.91. The summed E-state index contributed by atoms with van der Waals surface area (Å²) in [5.41, 5.74) is 8.97. The molecule has 1 aromatic heterocycles. The second-order valence-electron chi connectivity index (χ2n) is 3.99. The van der Waals surface area contributed by atoms with Gasteiger partial charge in [-0.25, -0.2) is 0 Å². The van der Waals surface area contributed by atoms with Crippen LogP contribution in [0, 0.1) is 5.92 Å².